The number of aliphatic hydroxyl groups excluding tert-OH is 1. The zero-order chi connectivity index (χ0) is 12.2. The molecule has 3 unspecified atom stereocenters. The van der Waals surface area contributed by atoms with Crippen LogP contribution in [-0.4, -0.2) is 23.3 Å². The first-order valence-corrected chi connectivity index (χ1v) is 6.96. The largest absolute Gasteiger partial charge is 0.392 e. The molecule has 96 valence electrons. The van der Waals surface area contributed by atoms with Gasteiger partial charge in [-0.25, -0.2) is 0 Å². The van der Waals surface area contributed by atoms with E-state index in [-0.39, 0.29) is 11.5 Å². The Morgan fingerprint density at radius 3 is 2.38 bits per heavy atom. The normalized spacial score (nSPS) is 29.8. The van der Waals surface area contributed by atoms with Gasteiger partial charge in [0.15, 0.2) is 0 Å². The Kier molecular flexibility index (Phi) is 5.26. The highest BCUT2D eigenvalue weighted by Gasteiger charge is 2.47. The number of unbranched alkanes of at least 4 members (excludes halogenated alkanes) is 1. The van der Waals surface area contributed by atoms with Crippen LogP contribution in [0, 0.1) is 5.41 Å². The molecule has 0 aromatic rings. The highest BCUT2D eigenvalue weighted by atomic mass is 16.3. The fourth-order valence-electron chi connectivity index (χ4n) is 2.58. The van der Waals surface area contributed by atoms with Crippen LogP contribution in [0.4, 0.5) is 0 Å². The highest BCUT2D eigenvalue weighted by Crippen LogP contribution is 2.40. The molecule has 0 heterocycles. The molecule has 0 aromatic carbocycles. The second-order valence-corrected chi connectivity index (χ2v) is 5.92. The van der Waals surface area contributed by atoms with Crippen LogP contribution in [0.15, 0.2) is 0 Å². The standard InChI is InChI=1S/C14H29NO/c1-5-7-9-11(8-6-2)15-12-10-13(16)14(12,3)4/h11-13,15-16H,5-10H2,1-4H3. The molecule has 0 aliphatic heterocycles. The summed E-state index contributed by atoms with van der Waals surface area (Å²) in [5.74, 6) is 0. The van der Waals surface area contributed by atoms with E-state index in [2.05, 4.69) is 33.0 Å². The molecule has 0 bridgehead atoms. The Morgan fingerprint density at radius 1 is 1.25 bits per heavy atom. The summed E-state index contributed by atoms with van der Waals surface area (Å²) in [6, 6.07) is 1.16. The van der Waals surface area contributed by atoms with Gasteiger partial charge in [-0.3, -0.25) is 0 Å². The summed E-state index contributed by atoms with van der Waals surface area (Å²) in [7, 11) is 0. The predicted molar refractivity (Wildman–Crippen MR) is 69.5 cm³/mol. The van der Waals surface area contributed by atoms with Gasteiger partial charge in [-0.05, 0) is 19.3 Å². The van der Waals surface area contributed by atoms with Crippen LogP contribution in [0.25, 0.3) is 0 Å². The monoisotopic (exact) mass is 227 g/mol. The lowest BCUT2D eigenvalue weighted by molar-refractivity contribution is -0.0764. The molecule has 3 atom stereocenters. The first-order chi connectivity index (χ1) is 7.52. The Morgan fingerprint density at radius 2 is 1.94 bits per heavy atom. The van der Waals surface area contributed by atoms with E-state index in [0.717, 1.165) is 6.42 Å². The van der Waals surface area contributed by atoms with Gasteiger partial charge in [-0.15, -0.1) is 0 Å². The molecule has 0 aromatic heterocycles. The van der Waals surface area contributed by atoms with Crippen molar-refractivity contribution in [1.82, 2.24) is 5.32 Å². The maximum Gasteiger partial charge on any atom is 0.0621 e. The summed E-state index contributed by atoms with van der Waals surface area (Å²) in [5, 5.41) is 13.5. The molecule has 2 heteroatoms. The van der Waals surface area contributed by atoms with Gasteiger partial charge in [0.1, 0.15) is 0 Å². The number of hydrogen-bond donors (Lipinski definition) is 2. The second kappa shape index (κ2) is 6.02. The van der Waals surface area contributed by atoms with Gasteiger partial charge in [0.2, 0.25) is 0 Å². The van der Waals surface area contributed by atoms with Crippen molar-refractivity contribution in [2.75, 3.05) is 0 Å². The van der Waals surface area contributed by atoms with Crippen LogP contribution < -0.4 is 5.32 Å². The fourth-order valence-corrected chi connectivity index (χ4v) is 2.58. The molecular formula is C14H29NO. The van der Waals surface area contributed by atoms with E-state index in [9.17, 15) is 5.11 Å². The maximum atomic E-state index is 9.72. The molecule has 0 radical (unpaired) electrons. The van der Waals surface area contributed by atoms with Crippen LogP contribution in [0.3, 0.4) is 0 Å². The Bertz CT molecular complexity index is 203. The lowest BCUT2D eigenvalue weighted by atomic mass is 9.64. The Labute approximate surface area is 101 Å². The van der Waals surface area contributed by atoms with Gasteiger partial charge in [-0.2, -0.15) is 0 Å². The molecule has 0 spiro atoms. The third-order valence-corrected chi connectivity index (χ3v) is 4.20. The Hall–Kier alpha value is -0.0800. The van der Waals surface area contributed by atoms with Crippen molar-refractivity contribution in [3.8, 4) is 0 Å². The molecule has 1 fully saturated rings. The molecule has 0 amide bonds. The molecule has 1 rings (SSSR count). The molecular weight excluding hydrogens is 198 g/mol. The van der Waals surface area contributed by atoms with Crippen molar-refractivity contribution >= 4 is 0 Å². The predicted octanol–water partition coefficient (Wildman–Crippen LogP) is 3.09. The molecule has 1 saturated carbocycles. The molecule has 1 aliphatic rings. The highest BCUT2D eigenvalue weighted by molar-refractivity contribution is 5.02. The summed E-state index contributed by atoms with van der Waals surface area (Å²) in [5.41, 5.74) is 0.0677. The molecule has 2 N–H and O–H groups in total. The first-order valence-electron chi connectivity index (χ1n) is 6.96. The van der Waals surface area contributed by atoms with E-state index < -0.39 is 0 Å². The number of hydrogen-bond acceptors (Lipinski definition) is 2. The van der Waals surface area contributed by atoms with Gasteiger partial charge in [-0.1, -0.05) is 47.0 Å². The van der Waals surface area contributed by atoms with Crippen LogP contribution in [-0.2, 0) is 0 Å². The number of nitrogens with one attached hydrogen (secondary N) is 1. The van der Waals surface area contributed by atoms with E-state index in [1.54, 1.807) is 0 Å². The van der Waals surface area contributed by atoms with Gasteiger partial charge >= 0.3 is 0 Å². The summed E-state index contributed by atoms with van der Waals surface area (Å²) in [6.07, 6.45) is 7.20. The summed E-state index contributed by atoms with van der Waals surface area (Å²) in [4.78, 5) is 0. The van der Waals surface area contributed by atoms with Crippen LogP contribution in [0.2, 0.25) is 0 Å². The second-order valence-electron chi connectivity index (χ2n) is 5.92. The Balaban J connectivity index is 2.37. The van der Waals surface area contributed by atoms with Gasteiger partial charge in [0, 0.05) is 17.5 Å². The minimum absolute atomic E-state index is 0.0677. The SMILES string of the molecule is CCCCC(CCC)NC1CC(O)C1(C)C. The molecule has 16 heavy (non-hydrogen) atoms. The van der Waals surface area contributed by atoms with Crippen molar-refractivity contribution in [3.05, 3.63) is 0 Å². The van der Waals surface area contributed by atoms with Crippen molar-refractivity contribution in [2.45, 2.75) is 84.4 Å². The van der Waals surface area contributed by atoms with E-state index in [1.807, 2.05) is 0 Å². The van der Waals surface area contributed by atoms with Crippen molar-refractivity contribution in [1.29, 1.82) is 0 Å². The quantitative estimate of drug-likeness (QED) is 0.700. The molecule has 1 aliphatic carbocycles. The van der Waals surface area contributed by atoms with E-state index in [4.69, 9.17) is 0 Å². The lowest BCUT2D eigenvalue weighted by Gasteiger charge is -2.51. The van der Waals surface area contributed by atoms with Crippen molar-refractivity contribution < 1.29 is 5.11 Å². The topological polar surface area (TPSA) is 32.3 Å². The summed E-state index contributed by atoms with van der Waals surface area (Å²) >= 11 is 0. The van der Waals surface area contributed by atoms with Crippen LogP contribution in [0.1, 0.15) is 66.2 Å². The van der Waals surface area contributed by atoms with Gasteiger partial charge < -0.3 is 10.4 Å². The van der Waals surface area contributed by atoms with E-state index in [0.29, 0.717) is 12.1 Å². The summed E-state index contributed by atoms with van der Waals surface area (Å²) in [6.45, 7) is 8.84. The smallest absolute Gasteiger partial charge is 0.0621 e. The molecule has 2 nitrogen and oxygen atoms in total. The van der Waals surface area contributed by atoms with Crippen molar-refractivity contribution in [3.63, 3.8) is 0 Å². The zero-order valence-corrected chi connectivity index (χ0v) is 11.4. The maximum absolute atomic E-state index is 9.72. The molecule has 0 saturated heterocycles. The fraction of sp³-hybridized carbons (Fsp3) is 1.00. The average molecular weight is 227 g/mol. The lowest BCUT2D eigenvalue weighted by Crippen LogP contribution is -2.61. The third kappa shape index (κ3) is 3.21. The average Bonchev–Trinajstić information content (AvgIpc) is 2.25. The van der Waals surface area contributed by atoms with Crippen molar-refractivity contribution in [2.24, 2.45) is 5.41 Å². The number of aliphatic hydroxyl groups is 1. The van der Waals surface area contributed by atoms with Gasteiger partial charge in [0.25, 0.3) is 0 Å². The van der Waals surface area contributed by atoms with Crippen LogP contribution in [0.5, 0.6) is 0 Å². The third-order valence-electron chi connectivity index (χ3n) is 4.20. The summed E-state index contributed by atoms with van der Waals surface area (Å²) < 4.78 is 0. The minimum atomic E-state index is -0.113. The van der Waals surface area contributed by atoms with E-state index >= 15 is 0 Å². The van der Waals surface area contributed by atoms with E-state index in [1.165, 1.54) is 32.1 Å². The number of rotatable bonds is 7. The van der Waals surface area contributed by atoms with Crippen LogP contribution >= 0.6 is 0 Å². The van der Waals surface area contributed by atoms with Gasteiger partial charge in [0.05, 0.1) is 6.10 Å². The first kappa shape index (κ1) is 14.0. The zero-order valence-electron chi connectivity index (χ0n) is 11.4. The minimum Gasteiger partial charge on any atom is -0.392 e.